The minimum absolute atomic E-state index is 0.0318. The molecule has 202 valence electrons. The van der Waals surface area contributed by atoms with Gasteiger partial charge in [0, 0.05) is 43.9 Å². The van der Waals surface area contributed by atoms with Crippen LogP contribution in [-0.2, 0) is 16.1 Å². The van der Waals surface area contributed by atoms with Gasteiger partial charge >= 0.3 is 0 Å². The lowest BCUT2D eigenvalue weighted by Crippen LogP contribution is -2.34. The van der Waals surface area contributed by atoms with Gasteiger partial charge in [-0.3, -0.25) is 14.5 Å². The molecule has 0 aliphatic heterocycles. The average molecular weight is 500 g/mol. The summed E-state index contributed by atoms with van der Waals surface area (Å²) in [7, 11) is 0. The molecule has 0 bridgehead atoms. The number of rotatable bonds is 20. The first-order valence-electron chi connectivity index (χ1n) is 13.8. The number of nitrogens with zero attached hydrogens (tertiary/aromatic N) is 3. The van der Waals surface area contributed by atoms with E-state index in [1.807, 2.05) is 32.0 Å². The Morgan fingerprint density at radius 3 is 1.58 bits per heavy atom. The molecule has 0 unspecified atom stereocenters. The molecule has 0 aliphatic rings. The van der Waals surface area contributed by atoms with Crippen LogP contribution in [0.3, 0.4) is 0 Å². The molecule has 7 nitrogen and oxygen atoms in total. The van der Waals surface area contributed by atoms with Crippen LogP contribution in [-0.4, -0.2) is 41.2 Å². The quantitative estimate of drug-likeness (QED) is 0.127. The van der Waals surface area contributed by atoms with Crippen LogP contribution in [0.5, 0.6) is 0 Å². The fraction of sp³-hybridized carbons (Fsp3) is 0.655. The van der Waals surface area contributed by atoms with Crippen molar-refractivity contribution in [1.29, 1.82) is 0 Å². The lowest BCUT2D eigenvalue weighted by Gasteiger charge is -2.22. The highest BCUT2D eigenvalue weighted by Crippen LogP contribution is 2.07. The number of amides is 2. The molecule has 0 aliphatic carbocycles. The van der Waals surface area contributed by atoms with Crippen molar-refractivity contribution in [2.45, 2.75) is 111 Å². The fourth-order valence-corrected chi connectivity index (χ4v) is 3.93. The third kappa shape index (κ3) is 17.0. The molecule has 0 radical (unpaired) electrons. The lowest BCUT2D eigenvalue weighted by atomic mass is 10.1. The zero-order valence-electron chi connectivity index (χ0n) is 23.2. The van der Waals surface area contributed by atoms with Crippen LogP contribution in [0.25, 0.3) is 0 Å². The molecule has 1 aromatic carbocycles. The number of benzene rings is 1. The maximum atomic E-state index is 12.1. The molecule has 2 N–H and O–H groups in total. The van der Waals surface area contributed by atoms with E-state index in [4.69, 9.17) is 0 Å². The highest BCUT2D eigenvalue weighted by Gasteiger charge is 2.11. The largest absolute Gasteiger partial charge is 0.288 e. The van der Waals surface area contributed by atoms with Crippen molar-refractivity contribution in [2.24, 2.45) is 10.2 Å². The Morgan fingerprint density at radius 2 is 1.14 bits per heavy atom. The summed E-state index contributed by atoms with van der Waals surface area (Å²) in [5.74, 6) is -0.0637. The topological polar surface area (TPSA) is 86.2 Å². The molecule has 0 aromatic heterocycles. The van der Waals surface area contributed by atoms with Crippen molar-refractivity contribution < 1.29 is 9.59 Å². The van der Waals surface area contributed by atoms with Gasteiger partial charge in [0.1, 0.15) is 0 Å². The van der Waals surface area contributed by atoms with E-state index in [-0.39, 0.29) is 11.8 Å². The van der Waals surface area contributed by atoms with Crippen molar-refractivity contribution in [3.8, 4) is 0 Å². The van der Waals surface area contributed by atoms with Crippen LogP contribution >= 0.6 is 0 Å². The molecular formula is C29H49N5O2. The van der Waals surface area contributed by atoms with Crippen LogP contribution in [0.4, 0.5) is 0 Å². The van der Waals surface area contributed by atoms with Gasteiger partial charge < -0.3 is 0 Å². The summed E-state index contributed by atoms with van der Waals surface area (Å²) in [4.78, 5) is 26.4. The molecule has 0 fully saturated rings. The third-order valence-electron chi connectivity index (χ3n) is 5.91. The second-order valence-corrected chi connectivity index (χ2v) is 9.72. The molecule has 0 saturated heterocycles. The number of hydrogen-bond acceptors (Lipinski definition) is 5. The fourth-order valence-electron chi connectivity index (χ4n) is 3.93. The summed E-state index contributed by atoms with van der Waals surface area (Å²) in [6.45, 7) is 10.1. The first-order chi connectivity index (χ1) is 17.4. The summed E-state index contributed by atoms with van der Waals surface area (Å²) in [5, 5.41) is 8.65. The first-order valence-corrected chi connectivity index (χ1v) is 13.8. The standard InChI is InChI=1S/C29H49N5O2/c1-5-7-9-11-16-20-28(35)32-30-25(3)22-34(24-27-18-14-13-15-19-27)23-26(4)31-33-29(36)21-17-12-10-8-6-2/h13-15,18-19H,5-12,16-17,20-24H2,1-4H3,(H,32,35)(H,33,36)/b30-25-,31-26-. The van der Waals surface area contributed by atoms with Crippen LogP contribution in [0.1, 0.15) is 110 Å². The van der Waals surface area contributed by atoms with E-state index in [2.05, 4.69) is 51.9 Å². The Balaban J connectivity index is 2.58. The molecule has 7 heteroatoms. The second kappa shape index (κ2) is 20.6. The molecule has 1 rings (SSSR count). The van der Waals surface area contributed by atoms with E-state index in [1.165, 1.54) is 44.1 Å². The van der Waals surface area contributed by atoms with E-state index in [0.29, 0.717) is 25.9 Å². The number of carbonyl (C=O) groups excluding carboxylic acids is 2. The van der Waals surface area contributed by atoms with E-state index in [1.54, 1.807) is 0 Å². The van der Waals surface area contributed by atoms with Gasteiger partial charge in [0.25, 0.3) is 0 Å². The van der Waals surface area contributed by atoms with Crippen LogP contribution < -0.4 is 10.9 Å². The zero-order valence-corrected chi connectivity index (χ0v) is 23.2. The predicted molar refractivity (Wildman–Crippen MR) is 151 cm³/mol. The van der Waals surface area contributed by atoms with Gasteiger partial charge in [0.2, 0.25) is 11.8 Å². The Kier molecular flexibility index (Phi) is 18.0. The zero-order chi connectivity index (χ0) is 26.4. The highest BCUT2D eigenvalue weighted by molar-refractivity contribution is 5.88. The predicted octanol–water partition coefficient (Wildman–Crippen LogP) is 6.19. The average Bonchev–Trinajstić information content (AvgIpc) is 2.86. The summed E-state index contributed by atoms with van der Waals surface area (Å²) in [6, 6.07) is 10.2. The molecule has 1 aromatic rings. The summed E-state index contributed by atoms with van der Waals surface area (Å²) in [6.07, 6.45) is 12.2. The molecule has 36 heavy (non-hydrogen) atoms. The number of nitrogens with one attached hydrogen (secondary N) is 2. The van der Waals surface area contributed by atoms with E-state index in [9.17, 15) is 9.59 Å². The number of carbonyl (C=O) groups is 2. The number of hydrogen-bond donors (Lipinski definition) is 2. The van der Waals surface area contributed by atoms with Crippen molar-refractivity contribution in [3.05, 3.63) is 35.9 Å². The highest BCUT2D eigenvalue weighted by atomic mass is 16.2. The SMILES string of the molecule is CCCCCCCC(=O)N/N=C(/C)CN(C/C(C)=N\NC(=O)CCCCCCC)Cc1ccccc1. The molecule has 0 heterocycles. The van der Waals surface area contributed by atoms with Crippen LogP contribution in [0.2, 0.25) is 0 Å². The van der Waals surface area contributed by atoms with Gasteiger partial charge in [-0.15, -0.1) is 0 Å². The number of hydrazone groups is 2. The maximum Gasteiger partial charge on any atom is 0.240 e. The van der Waals surface area contributed by atoms with Gasteiger partial charge in [-0.1, -0.05) is 95.5 Å². The number of unbranched alkanes of at least 4 members (excludes halogenated alkanes) is 8. The third-order valence-corrected chi connectivity index (χ3v) is 5.91. The van der Waals surface area contributed by atoms with Crippen molar-refractivity contribution in [2.75, 3.05) is 13.1 Å². The van der Waals surface area contributed by atoms with Crippen molar-refractivity contribution in [3.63, 3.8) is 0 Å². The smallest absolute Gasteiger partial charge is 0.240 e. The summed E-state index contributed by atoms with van der Waals surface area (Å²) in [5.41, 5.74) is 8.25. The van der Waals surface area contributed by atoms with Gasteiger partial charge in [-0.25, -0.2) is 10.9 Å². The van der Waals surface area contributed by atoms with E-state index >= 15 is 0 Å². The van der Waals surface area contributed by atoms with Gasteiger partial charge in [0.15, 0.2) is 0 Å². The Hall–Kier alpha value is -2.54. The van der Waals surface area contributed by atoms with Crippen LogP contribution in [0.15, 0.2) is 40.5 Å². The van der Waals surface area contributed by atoms with Crippen molar-refractivity contribution in [1.82, 2.24) is 15.8 Å². The van der Waals surface area contributed by atoms with Crippen LogP contribution in [0, 0.1) is 0 Å². The minimum atomic E-state index is -0.0318. The first kappa shape index (κ1) is 31.5. The lowest BCUT2D eigenvalue weighted by molar-refractivity contribution is -0.122. The monoisotopic (exact) mass is 499 g/mol. The molecule has 0 atom stereocenters. The summed E-state index contributed by atoms with van der Waals surface area (Å²) >= 11 is 0. The Bertz CT molecular complexity index is 746. The molecule has 0 spiro atoms. The van der Waals surface area contributed by atoms with Gasteiger partial charge in [-0.05, 0) is 32.3 Å². The summed E-state index contributed by atoms with van der Waals surface area (Å²) < 4.78 is 0. The Morgan fingerprint density at radius 1 is 0.694 bits per heavy atom. The normalized spacial score (nSPS) is 12.1. The van der Waals surface area contributed by atoms with Gasteiger partial charge in [0.05, 0.1) is 0 Å². The molecule has 2 amide bonds. The minimum Gasteiger partial charge on any atom is -0.288 e. The van der Waals surface area contributed by atoms with E-state index < -0.39 is 0 Å². The maximum absolute atomic E-state index is 12.1. The Labute approximate surface area is 219 Å². The van der Waals surface area contributed by atoms with Gasteiger partial charge in [-0.2, -0.15) is 10.2 Å². The van der Waals surface area contributed by atoms with E-state index in [0.717, 1.165) is 43.7 Å². The molecular weight excluding hydrogens is 450 g/mol. The molecule has 0 saturated carbocycles. The van der Waals surface area contributed by atoms with Crippen molar-refractivity contribution >= 4 is 23.2 Å². The second-order valence-electron chi connectivity index (χ2n) is 9.72.